The van der Waals surface area contributed by atoms with E-state index in [1.807, 2.05) is 0 Å². The fourth-order valence-corrected chi connectivity index (χ4v) is 2.26. The molecule has 0 radical (unpaired) electrons. The molecule has 2 aromatic rings. The molecule has 1 unspecified atom stereocenters. The van der Waals surface area contributed by atoms with Crippen molar-refractivity contribution in [2.45, 2.75) is 13.1 Å². The molecule has 0 aromatic heterocycles. The van der Waals surface area contributed by atoms with E-state index in [1.54, 1.807) is 42.5 Å². The summed E-state index contributed by atoms with van der Waals surface area (Å²) in [5.74, 6) is -3.66. The summed E-state index contributed by atoms with van der Waals surface area (Å²) in [6, 6.07) is 14.5. The summed E-state index contributed by atoms with van der Waals surface area (Å²) in [4.78, 5) is 12.2. The van der Waals surface area contributed by atoms with Crippen LogP contribution >= 0.6 is 11.6 Å². The third kappa shape index (κ3) is 5.22. The lowest BCUT2D eigenvalue weighted by Gasteiger charge is -2.20. The van der Waals surface area contributed by atoms with Crippen molar-refractivity contribution >= 4 is 34.6 Å². The molecule has 0 bridgehead atoms. The third-order valence-corrected chi connectivity index (χ3v) is 3.60. The van der Waals surface area contributed by atoms with Gasteiger partial charge in [-0.2, -0.15) is 18.3 Å². The number of alkyl halides is 3. The Morgan fingerprint density at radius 2 is 1.68 bits per heavy atom. The van der Waals surface area contributed by atoms with Crippen LogP contribution in [0.15, 0.2) is 59.7 Å². The Labute approximate surface area is 147 Å². The normalized spacial score (nSPS) is 13.2. The zero-order valence-corrected chi connectivity index (χ0v) is 13.9. The molecule has 8 heteroatoms. The first-order valence-electron chi connectivity index (χ1n) is 7.26. The molecule has 1 atom stereocenters. The van der Waals surface area contributed by atoms with Gasteiger partial charge in [-0.25, -0.2) is 0 Å². The molecule has 0 aliphatic heterocycles. The summed E-state index contributed by atoms with van der Waals surface area (Å²) in [7, 11) is 0. The maximum Gasteiger partial charge on any atom is 0.405 e. The number of anilines is 2. The number of carbonyl (C=O) groups excluding carboxylic acids is 1. The summed E-state index contributed by atoms with van der Waals surface area (Å²) in [6.07, 6.45) is -4.79. The van der Waals surface area contributed by atoms with E-state index in [-0.39, 0.29) is 10.7 Å². The van der Waals surface area contributed by atoms with Gasteiger partial charge in [-0.1, -0.05) is 41.9 Å². The molecule has 0 saturated carbocycles. The summed E-state index contributed by atoms with van der Waals surface area (Å²) in [5.41, 5.74) is 2.71. The van der Waals surface area contributed by atoms with Gasteiger partial charge in [0.25, 0.3) is 0 Å². The van der Waals surface area contributed by atoms with Gasteiger partial charge in [0.1, 0.15) is 0 Å². The van der Waals surface area contributed by atoms with Gasteiger partial charge in [0, 0.05) is 0 Å². The number of nitrogens with zero attached hydrogens (tertiary/aromatic N) is 1. The lowest BCUT2D eigenvalue weighted by atomic mass is 10.0. The highest BCUT2D eigenvalue weighted by Gasteiger charge is 2.47. The molecule has 1 amide bonds. The van der Waals surface area contributed by atoms with Crippen LogP contribution in [-0.4, -0.2) is 17.8 Å². The van der Waals surface area contributed by atoms with Gasteiger partial charge in [0.15, 0.2) is 5.92 Å². The van der Waals surface area contributed by atoms with E-state index >= 15 is 0 Å². The zero-order chi connectivity index (χ0) is 18.4. The van der Waals surface area contributed by atoms with Gasteiger partial charge in [-0.3, -0.25) is 10.2 Å². The minimum Gasteiger partial charge on any atom is -0.324 e. The van der Waals surface area contributed by atoms with Crippen LogP contribution in [0.2, 0.25) is 5.02 Å². The van der Waals surface area contributed by atoms with Crippen LogP contribution in [0.25, 0.3) is 0 Å². The van der Waals surface area contributed by atoms with Crippen LogP contribution in [0, 0.1) is 5.92 Å². The average molecular weight is 370 g/mol. The van der Waals surface area contributed by atoms with Crippen LogP contribution in [0.5, 0.6) is 0 Å². The monoisotopic (exact) mass is 369 g/mol. The minimum atomic E-state index is -4.79. The number of halogens is 4. The topological polar surface area (TPSA) is 53.5 Å². The number of hydrogen-bond acceptors (Lipinski definition) is 3. The first kappa shape index (κ1) is 18.8. The number of rotatable bonds is 5. The lowest BCUT2D eigenvalue weighted by molar-refractivity contribution is -0.165. The molecule has 2 rings (SSSR count). The molecule has 0 aliphatic carbocycles. The molecule has 0 fully saturated rings. The van der Waals surface area contributed by atoms with E-state index < -0.39 is 23.7 Å². The van der Waals surface area contributed by atoms with Crippen molar-refractivity contribution in [1.29, 1.82) is 0 Å². The standard InChI is InChI=1S/C17H15ClF3N3O/c1-11(23-24-12-7-3-2-4-8-12)15(17(19,20)21)16(25)22-14-10-6-5-9-13(14)18/h2-10,15,24H,1H3,(H,22,25). The van der Waals surface area contributed by atoms with Gasteiger partial charge < -0.3 is 5.32 Å². The number of hydrogen-bond donors (Lipinski definition) is 2. The van der Waals surface area contributed by atoms with Crippen LogP contribution in [0.4, 0.5) is 24.5 Å². The van der Waals surface area contributed by atoms with Gasteiger partial charge >= 0.3 is 6.18 Å². The number of para-hydroxylation sites is 2. The highest BCUT2D eigenvalue weighted by molar-refractivity contribution is 6.33. The van der Waals surface area contributed by atoms with E-state index in [2.05, 4.69) is 15.8 Å². The Kier molecular flexibility index (Phi) is 6.03. The van der Waals surface area contributed by atoms with Gasteiger partial charge in [0.05, 0.1) is 22.1 Å². The van der Waals surface area contributed by atoms with Crippen molar-refractivity contribution in [2.24, 2.45) is 11.0 Å². The van der Waals surface area contributed by atoms with Crippen molar-refractivity contribution in [3.8, 4) is 0 Å². The Morgan fingerprint density at radius 3 is 2.28 bits per heavy atom. The third-order valence-electron chi connectivity index (χ3n) is 3.27. The minimum absolute atomic E-state index is 0.104. The van der Waals surface area contributed by atoms with Crippen molar-refractivity contribution in [3.63, 3.8) is 0 Å². The Balaban J connectivity index is 2.20. The SMILES string of the molecule is CC(=NNc1ccccc1)C(C(=O)Nc1ccccc1Cl)C(F)(F)F. The van der Waals surface area contributed by atoms with Crippen molar-refractivity contribution < 1.29 is 18.0 Å². The first-order chi connectivity index (χ1) is 11.8. The van der Waals surface area contributed by atoms with Gasteiger partial charge in [0.2, 0.25) is 5.91 Å². The molecule has 0 spiro atoms. The van der Waals surface area contributed by atoms with Crippen molar-refractivity contribution in [2.75, 3.05) is 10.7 Å². The second kappa shape index (κ2) is 8.02. The number of carbonyl (C=O) groups is 1. The van der Waals surface area contributed by atoms with Gasteiger partial charge in [-0.05, 0) is 31.2 Å². The maximum atomic E-state index is 13.3. The number of hydrazone groups is 1. The average Bonchev–Trinajstić information content (AvgIpc) is 2.55. The quantitative estimate of drug-likeness (QED) is 0.579. The zero-order valence-electron chi connectivity index (χ0n) is 13.1. The highest BCUT2D eigenvalue weighted by Crippen LogP contribution is 2.30. The summed E-state index contributed by atoms with van der Waals surface area (Å²) >= 11 is 5.87. The highest BCUT2D eigenvalue weighted by atomic mass is 35.5. The first-order valence-corrected chi connectivity index (χ1v) is 7.64. The lowest BCUT2D eigenvalue weighted by Crippen LogP contribution is -2.40. The molecule has 2 aromatic carbocycles. The van der Waals surface area contributed by atoms with E-state index in [4.69, 9.17) is 11.6 Å². The Hall–Kier alpha value is -2.54. The molecular weight excluding hydrogens is 355 g/mol. The number of nitrogens with one attached hydrogen (secondary N) is 2. The molecule has 25 heavy (non-hydrogen) atoms. The van der Waals surface area contributed by atoms with Crippen molar-refractivity contribution in [3.05, 3.63) is 59.6 Å². The number of benzene rings is 2. The predicted octanol–water partition coefficient (Wildman–Crippen LogP) is 4.95. The van der Waals surface area contributed by atoms with Crippen LogP contribution in [-0.2, 0) is 4.79 Å². The Morgan fingerprint density at radius 1 is 1.08 bits per heavy atom. The molecule has 4 nitrogen and oxygen atoms in total. The molecule has 2 N–H and O–H groups in total. The van der Waals surface area contributed by atoms with E-state index in [0.717, 1.165) is 6.92 Å². The summed E-state index contributed by atoms with van der Waals surface area (Å²) in [5, 5.41) is 6.04. The molecular formula is C17H15ClF3N3O. The molecule has 0 heterocycles. The van der Waals surface area contributed by atoms with Crippen LogP contribution in [0.1, 0.15) is 6.92 Å². The maximum absolute atomic E-state index is 13.3. The fourth-order valence-electron chi connectivity index (χ4n) is 2.07. The molecule has 0 saturated heterocycles. The second-order valence-corrected chi connectivity index (χ2v) is 5.58. The largest absolute Gasteiger partial charge is 0.405 e. The Bertz CT molecular complexity index is 763. The van der Waals surface area contributed by atoms with E-state index in [9.17, 15) is 18.0 Å². The fraction of sp³-hybridized carbons (Fsp3) is 0.176. The number of amides is 1. The van der Waals surface area contributed by atoms with Crippen LogP contribution < -0.4 is 10.7 Å². The predicted molar refractivity (Wildman–Crippen MR) is 92.8 cm³/mol. The van der Waals surface area contributed by atoms with Gasteiger partial charge in [-0.15, -0.1) is 0 Å². The van der Waals surface area contributed by atoms with Crippen LogP contribution in [0.3, 0.4) is 0 Å². The van der Waals surface area contributed by atoms with E-state index in [1.165, 1.54) is 12.1 Å². The summed E-state index contributed by atoms with van der Waals surface area (Å²) < 4.78 is 40.0. The van der Waals surface area contributed by atoms with E-state index in [0.29, 0.717) is 5.69 Å². The molecule has 132 valence electrons. The second-order valence-electron chi connectivity index (χ2n) is 5.17. The smallest absolute Gasteiger partial charge is 0.324 e. The molecule has 0 aliphatic rings. The summed E-state index contributed by atoms with van der Waals surface area (Å²) in [6.45, 7) is 1.14. The van der Waals surface area contributed by atoms with Crippen molar-refractivity contribution in [1.82, 2.24) is 0 Å².